The highest BCUT2D eigenvalue weighted by Crippen LogP contribution is 2.35. The molecule has 2 rings (SSSR count). The first-order valence-electron chi connectivity index (χ1n) is 9.63. The van der Waals surface area contributed by atoms with Crippen molar-refractivity contribution >= 4 is 17.2 Å². The van der Waals surface area contributed by atoms with Gasteiger partial charge in [-0.15, -0.1) is 11.3 Å². The molecule has 3 N–H and O–H groups in total. The quantitative estimate of drug-likeness (QED) is 0.624. The van der Waals surface area contributed by atoms with Crippen LogP contribution in [0.15, 0.2) is 30.1 Å². The van der Waals surface area contributed by atoms with Crippen molar-refractivity contribution in [2.24, 2.45) is 0 Å². The lowest BCUT2D eigenvalue weighted by Crippen LogP contribution is -2.57. The molecule has 0 bridgehead atoms. The van der Waals surface area contributed by atoms with Crippen LogP contribution < -0.4 is 16.0 Å². The highest BCUT2D eigenvalue weighted by Gasteiger charge is 2.31. The molecule has 1 aromatic rings. The second kappa shape index (κ2) is 8.67. The minimum atomic E-state index is -0.622. The Balaban J connectivity index is 2.00. The maximum Gasteiger partial charge on any atom is 0.243 e. The van der Waals surface area contributed by atoms with Crippen LogP contribution >= 0.6 is 11.3 Å². The Morgan fingerprint density at radius 3 is 2.52 bits per heavy atom. The average molecular weight is 391 g/mol. The number of hydrogen-bond acceptors (Lipinski definition) is 5. The Bertz CT molecular complexity index is 712. The van der Waals surface area contributed by atoms with Gasteiger partial charge in [-0.25, -0.2) is 4.98 Å². The number of allylic oxidation sites excluding steroid dienone is 3. The zero-order valence-electron chi connectivity index (χ0n) is 17.5. The fraction of sp³-hybridized carbons (Fsp3) is 0.619. The van der Waals surface area contributed by atoms with Crippen molar-refractivity contribution in [3.05, 3.63) is 40.0 Å². The van der Waals surface area contributed by atoms with Crippen LogP contribution in [-0.4, -0.2) is 35.6 Å². The largest absolute Gasteiger partial charge is 0.328 e. The van der Waals surface area contributed by atoms with E-state index >= 15 is 0 Å². The van der Waals surface area contributed by atoms with Crippen LogP contribution in [0, 0.1) is 6.92 Å². The van der Waals surface area contributed by atoms with Crippen LogP contribution in [0.25, 0.3) is 0 Å². The van der Waals surface area contributed by atoms with Gasteiger partial charge in [-0.2, -0.15) is 0 Å². The van der Waals surface area contributed by atoms with Gasteiger partial charge in [0.25, 0.3) is 0 Å². The number of thiazole rings is 1. The fourth-order valence-electron chi connectivity index (χ4n) is 3.16. The topological polar surface area (TPSA) is 66.1 Å². The molecule has 5 nitrogen and oxygen atoms in total. The van der Waals surface area contributed by atoms with Gasteiger partial charge in [-0.1, -0.05) is 20.4 Å². The summed E-state index contributed by atoms with van der Waals surface area (Å²) in [6.45, 7) is 18.3. The van der Waals surface area contributed by atoms with Crippen molar-refractivity contribution in [2.75, 3.05) is 13.1 Å². The normalized spacial score (nSPS) is 17.0. The van der Waals surface area contributed by atoms with Gasteiger partial charge < -0.3 is 16.0 Å². The van der Waals surface area contributed by atoms with Gasteiger partial charge in [0.05, 0.1) is 10.5 Å². The first-order valence-corrected chi connectivity index (χ1v) is 10.4. The Kier molecular flexibility index (Phi) is 7.00. The number of carbonyl (C=O) groups is 1. The maximum absolute atomic E-state index is 12.8. The molecule has 0 aromatic carbocycles. The lowest BCUT2D eigenvalue weighted by Gasteiger charge is -2.33. The highest BCUT2D eigenvalue weighted by molar-refractivity contribution is 7.11. The maximum atomic E-state index is 12.8. The Labute approximate surface area is 167 Å². The summed E-state index contributed by atoms with van der Waals surface area (Å²) in [7, 11) is 0. The molecule has 6 heteroatoms. The van der Waals surface area contributed by atoms with E-state index in [1.54, 1.807) is 11.3 Å². The van der Waals surface area contributed by atoms with Gasteiger partial charge in [-0.3, -0.25) is 4.79 Å². The molecule has 150 valence electrons. The molecule has 0 atom stereocenters. The summed E-state index contributed by atoms with van der Waals surface area (Å²) in [4.78, 5) is 18.3. The number of hydrogen-bond donors (Lipinski definition) is 3. The second-order valence-electron chi connectivity index (χ2n) is 8.47. The van der Waals surface area contributed by atoms with Gasteiger partial charge in [0.1, 0.15) is 0 Å². The summed E-state index contributed by atoms with van der Waals surface area (Å²) in [5.41, 5.74) is 0.913. The summed E-state index contributed by atoms with van der Waals surface area (Å²) in [5, 5.41) is 10.9. The van der Waals surface area contributed by atoms with Crippen LogP contribution in [0.3, 0.4) is 0 Å². The first-order chi connectivity index (χ1) is 12.5. The second-order valence-corrected chi connectivity index (χ2v) is 9.70. The van der Waals surface area contributed by atoms with E-state index in [0.717, 1.165) is 42.2 Å². The summed E-state index contributed by atoms with van der Waals surface area (Å²) >= 11 is 1.68. The van der Waals surface area contributed by atoms with E-state index in [4.69, 9.17) is 0 Å². The van der Waals surface area contributed by atoms with Crippen LogP contribution in [0.4, 0.5) is 0 Å². The minimum absolute atomic E-state index is 0.0194. The van der Waals surface area contributed by atoms with Crippen molar-refractivity contribution in [3.8, 4) is 0 Å². The smallest absolute Gasteiger partial charge is 0.243 e. The van der Waals surface area contributed by atoms with E-state index in [1.165, 1.54) is 4.88 Å². The molecule has 2 heterocycles. The minimum Gasteiger partial charge on any atom is -0.328 e. The van der Waals surface area contributed by atoms with Crippen molar-refractivity contribution in [1.82, 2.24) is 20.9 Å². The van der Waals surface area contributed by atoms with E-state index in [-0.39, 0.29) is 11.3 Å². The zero-order valence-corrected chi connectivity index (χ0v) is 18.3. The lowest BCUT2D eigenvalue weighted by atomic mass is 9.83. The molecule has 1 fully saturated rings. The van der Waals surface area contributed by atoms with E-state index in [9.17, 15) is 4.79 Å². The molecule has 1 aliphatic heterocycles. The number of piperidine rings is 1. The van der Waals surface area contributed by atoms with Crippen molar-refractivity contribution in [1.29, 1.82) is 0 Å². The molecule has 0 aliphatic carbocycles. The fourth-order valence-corrected chi connectivity index (χ4v) is 4.08. The molecule has 0 spiro atoms. The number of carbonyl (C=O) groups excluding carboxylic acids is 1. The molecule has 0 radical (unpaired) electrons. The molecular formula is C21H34N4OS. The zero-order chi connectivity index (χ0) is 20.2. The third-order valence-corrected chi connectivity index (χ3v) is 6.45. The van der Waals surface area contributed by atoms with E-state index in [1.807, 2.05) is 40.0 Å². The van der Waals surface area contributed by atoms with Crippen LogP contribution in [0.1, 0.15) is 57.3 Å². The van der Waals surface area contributed by atoms with Gasteiger partial charge in [0.2, 0.25) is 5.91 Å². The summed E-state index contributed by atoms with van der Waals surface area (Å²) < 4.78 is 0. The third-order valence-electron chi connectivity index (χ3n) is 5.21. The third kappa shape index (κ3) is 5.74. The van der Waals surface area contributed by atoms with Crippen LogP contribution in [0.5, 0.6) is 0 Å². The van der Waals surface area contributed by atoms with Gasteiger partial charge in [0.15, 0.2) is 0 Å². The molecule has 1 saturated heterocycles. The standard InChI is InChI=1S/C21H34N4OS/c1-14(20(4,5)18-13-23-16(3)27-18)12-15(2)24-19(26)21(6,7)25-17-8-10-22-11-9-17/h12-13,17,22,25H,1,8-11H2,2-7H3,(H,24,26)/b15-12+. The lowest BCUT2D eigenvalue weighted by molar-refractivity contribution is -0.126. The average Bonchev–Trinajstić information content (AvgIpc) is 3.02. The van der Waals surface area contributed by atoms with Crippen molar-refractivity contribution in [3.63, 3.8) is 0 Å². The number of nitrogens with zero attached hydrogens (tertiary/aromatic N) is 1. The molecule has 1 amide bonds. The Hall–Kier alpha value is -1.50. The number of nitrogens with one attached hydrogen (secondary N) is 3. The van der Waals surface area contributed by atoms with Crippen molar-refractivity contribution in [2.45, 2.75) is 71.4 Å². The number of rotatable bonds is 7. The summed E-state index contributed by atoms with van der Waals surface area (Å²) in [6.07, 6.45) is 5.97. The van der Waals surface area contributed by atoms with Crippen molar-refractivity contribution < 1.29 is 4.79 Å². The van der Waals surface area contributed by atoms with E-state index in [2.05, 4.69) is 41.4 Å². The van der Waals surface area contributed by atoms with Gasteiger partial charge in [0, 0.05) is 28.2 Å². The first kappa shape index (κ1) is 21.8. The Morgan fingerprint density at radius 2 is 1.96 bits per heavy atom. The van der Waals surface area contributed by atoms with E-state index in [0.29, 0.717) is 6.04 Å². The van der Waals surface area contributed by atoms with Gasteiger partial charge >= 0.3 is 0 Å². The molecule has 0 unspecified atom stereocenters. The Morgan fingerprint density at radius 1 is 1.33 bits per heavy atom. The predicted molar refractivity (Wildman–Crippen MR) is 114 cm³/mol. The molecular weight excluding hydrogens is 356 g/mol. The monoisotopic (exact) mass is 390 g/mol. The SMILES string of the molecule is C=C(/C=C(\C)NC(=O)C(C)(C)NC1CCNCC1)C(C)(C)c1cnc(C)s1. The molecule has 1 aliphatic rings. The number of amides is 1. The van der Waals surface area contributed by atoms with Crippen LogP contribution in [0.2, 0.25) is 0 Å². The summed E-state index contributed by atoms with van der Waals surface area (Å²) in [5.74, 6) is -0.0194. The molecule has 27 heavy (non-hydrogen) atoms. The van der Waals surface area contributed by atoms with Crippen LogP contribution in [-0.2, 0) is 10.2 Å². The molecule has 1 aromatic heterocycles. The summed E-state index contributed by atoms with van der Waals surface area (Å²) in [6, 6.07) is 0.375. The predicted octanol–water partition coefficient (Wildman–Crippen LogP) is 3.43. The number of aromatic nitrogens is 1. The van der Waals surface area contributed by atoms with E-state index < -0.39 is 5.54 Å². The molecule has 0 saturated carbocycles. The number of aryl methyl sites for hydroxylation is 1. The highest BCUT2D eigenvalue weighted by atomic mass is 32.1. The van der Waals surface area contributed by atoms with Gasteiger partial charge in [-0.05, 0) is 65.3 Å².